The highest BCUT2D eigenvalue weighted by Gasteiger charge is 2.24. The number of carboxylic acids is 1. The Morgan fingerprint density at radius 1 is 1.47 bits per heavy atom. The van der Waals surface area contributed by atoms with Crippen LogP contribution in [0.1, 0.15) is 26.4 Å². The van der Waals surface area contributed by atoms with Crippen molar-refractivity contribution < 1.29 is 14.7 Å². The molecule has 0 saturated carbocycles. The molecule has 0 bridgehead atoms. The topological polar surface area (TPSA) is 70.5 Å². The molecule has 2 aromatic heterocycles. The Morgan fingerprint density at radius 2 is 2.16 bits per heavy atom. The van der Waals surface area contributed by atoms with Crippen molar-refractivity contribution in [2.75, 3.05) is 11.9 Å². The first-order chi connectivity index (χ1) is 8.91. The van der Waals surface area contributed by atoms with Gasteiger partial charge in [-0.25, -0.2) is 4.79 Å². The Labute approximate surface area is 125 Å². The van der Waals surface area contributed by atoms with Gasteiger partial charge in [0.15, 0.2) is 0 Å². The minimum atomic E-state index is -1.08. The first-order valence-electron chi connectivity index (χ1n) is 5.13. The van der Waals surface area contributed by atoms with Gasteiger partial charge in [0, 0.05) is 12.4 Å². The molecule has 0 aliphatic heterocycles. The first kappa shape index (κ1) is 14.2. The van der Waals surface area contributed by atoms with Gasteiger partial charge in [0.1, 0.15) is 10.6 Å². The van der Waals surface area contributed by atoms with Gasteiger partial charge in [-0.2, -0.15) is 4.37 Å². The van der Waals surface area contributed by atoms with Crippen molar-refractivity contribution in [1.82, 2.24) is 4.37 Å². The Morgan fingerprint density at radius 3 is 2.68 bits per heavy atom. The van der Waals surface area contributed by atoms with Crippen LogP contribution in [-0.2, 0) is 0 Å². The number of carboxylic acid groups (broad SMARTS) is 1. The average molecular weight is 361 g/mol. The summed E-state index contributed by atoms with van der Waals surface area (Å²) in [4.78, 5) is 24.8. The minimum Gasteiger partial charge on any atom is -0.478 e. The molecule has 0 aliphatic carbocycles. The van der Waals surface area contributed by atoms with Crippen LogP contribution < -0.4 is 4.90 Å². The van der Waals surface area contributed by atoms with Crippen molar-refractivity contribution in [3.8, 4) is 0 Å². The number of carbonyl (C=O) groups is 2. The van der Waals surface area contributed by atoms with Crippen LogP contribution >= 0.6 is 38.8 Å². The van der Waals surface area contributed by atoms with Gasteiger partial charge < -0.3 is 10.0 Å². The van der Waals surface area contributed by atoms with Crippen LogP contribution in [0, 0.1) is 6.92 Å². The first-order valence-corrected chi connectivity index (χ1v) is 7.58. The zero-order valence-electron chi connectivity index (χ0n) is 10.0. The van der Waals surface area contributed by atoms with E-state index in [9.17, 15) is 9.59 Å². The molecule has 2 heterocycles. The van der Waals surface area contributed by atoms with Gasteiger partial charge in [-0.15, -0.1) is 11.3 Å². The number of amides is 1. The second-order valence-corrected chi connectivity index (χ2v) is 6.80. The lowest BCUT2D eigenvalue weighted by atomic mass is 10.2. The summed E-state index contributed by atoms with van der Waals surface area (Å²) in [5, 5.41) is 11.2. The Balaban J connectivity index is 2.37. The maximum absolute atomic E-state index is 12.2. The van der Waals surface area contributed by atoms with Crippen molar-refractivity contribution in [3.63, 3.8) is 0 Å². The summed E-state index contributed by atoms with van der Waals surface area (Å²) < 4.78 is 4.85. The van der Waals surface area contributed by atoms with Crippen LogP contribution in [-0.4, -0.2) is 28.4 Å². The van der Waals surface area contributed by atoms with E-state index >= 15 is 0 Å². The molecule has 2 rings (SSSR count). The summed E-state index contributed by atoms with van der Waals surface area (Å²) in [7, 11) is 1.55. The van der Waals surface area contributed by atoms with Gasteiger partial charge in [-0.3, -0.25) is 4.79 Å². The van der Waals surface area contributed by atoms with Crippen LogP contribution in [0.3, 0.4) is 0 Å². The minimum absolute atomic E-state index is 0.0788. The predicted octanol–water partition coefficient (Wildman–Crippen LogP) is 3.25. The van der Waals surface area contributed by atoms with Crippen molar-refractivity contribution in [3.05, 3.63) is 32.1 Å². The smallest absolute Gasteiger partial charge is 0.340 e. The molecule has 0 atom stereocenters. The molecule has 0 spiro atoms. The summed E-state index contributed by atoms with van der Waals surface area (Å²) in [6.45, 7) is 1.61. The monoisotopic (exact) mass is 360 g/mol. The third-order valence-electron chi connectivity index (χ3n) is 2.48. The van der Waals surface area contributed by atoms with Gasteiger partial charge in [0.05, 0.1) is 15.0 Å². The normalized spacial score (nSPS) is 10.5. The standard InChI is InChI=1S/C11H9BrN2O3S2/c1-5-8(11(16)17)10(19-13-5)14(2)9(15)6-3-7(12)18-4-6/h3-4H,1-2H3,(H,16,17). The van der Waals surface area contributed by atoms with Gasteiger partial charge in [-0.1, -0.05) is 0 Å². The summed E-state index contributed by atoms with van der Waals surface area (Å²) in [6.07, 6.45) is 0. The van der Waals surface area contributed by atoms with Gasteiger partial charge in [0.25, 0.3) is 5.91 Å². The summed E-state index contributed by atoms with van der Waals surface area (Å²) >= 11 is 5.70. The van der Waals surface area contributed by atoms with Crippen LogP contribution in [0.5, 0.6) is 0 Å². The summed E-state index contributed by atoms with van der Waals surface area (Å²) in [6, 6.07) is 1.71. The molecule has 0 radical (unpaired) electrons. The van der Waals surface area contributed by atoms with E-state index in [0.29, 0.717) is 16.3 Å². The number of rotatable bonds is 3. The molecule has 2 aromatic rings. The molecule has 0 unspecified atom stereocenters. The summed E-state index contributed by atoms with van der Waals surface area (Å²) in [5.41, 5.74) is 1.01. The second kappa shape index (κ2) is 5.40. The number of nitrogens with zero attached hydrogens (tertiary/aromatic N) is 2. The second-order valence-electron chi connectivity index (χ2n) is 3.76. The van der Waals surface area contributed by atoms with E-state index in [4.69, 9.17) is 5.11 Å². The van der Waals surface area contributed by atoms with Gasteiger partial charge >= 0.3 is 5.97 Å². The summed E-state index contributed by atoms with van der Waals surface area (Å²) in [5.74, 6) is -1.33. The predicted molar refractivity (Wildman–Crippen MR) is 78.6 cm³/mol. The lowest BCUT2D eigenvalue weighted by Gasteiger charge is -2.14. The molecule has 0 fully saturated rings. The Hall–Kier alpha value is -1.25. The number of anilines is 1. The number of aromatic nitrogens is 1. The number of aromatic carboxylic acids is 1. The van der Waals surface area contributed by atoms with E-state index in [-0.39, 0.29) is 11.5 Å². The van der Waals surface area contributed by atoms with Crippen LogP contribution in [0.25, 0.3) is 0 Å². The number of thiophene rings is 1. The van der Waals surface area contributed by atoms with Gasteiger partial charge in [0.2, 0.25) is 0 Å². The van der Waals surface area contributed by atoms with Crippen LogP contribution in [0.15, 0.2) is 15.2 Å². The number of carbonyl (C=O) groups excluding carboxylic acids is 1. The molecule has 8 heteroatoms. The zero-order valence-corrected chi connectivity index (χ0v) is 13.2. The van der Waals surface area contributed by atoms with E-state index in [0.717, 1.165) is 15.3 Å². The zero-order chi connectivity index (χ0) is 14.2. The molecule has 5 nitrogen and oxygen atoms in total. The van der Waals surface area contributed by atoms with E-state index in [1.54, 1.807) is 25.4 Å². The molecule has 100 valence electrons. The van der Waals surface area contributed by atoms with Crippen molar-refractivity contribution >= 4 is 55.7 Å². The molecule has 19 heavy (non-hydrogen) atoms. The number of aryl methyl sites for hydroxylation is 1. The lowest BCUT2D eigenvalue weighted by Crippen LogP contribution is -2.26. The SMILES string of the molecule is Cc1nsc(N(C)C(=O)c2csc(Br)c2)c1C(=O)O. The number of hydrogen-bond acceptors (Lipinski definition) is 5. The van der Waals surface area contributed by atoms with Crippen molar-refractivity contribution in [2.45, 2.75) is 6.92 Å². The highest BCUT2D eigenvalue weighted by Crippen LogP contribution is 2.30. The molecular formula is C11H9BrN2O3S2. The average Bonchev–Trinajstić information content (AvgIpc) is 2.93. The molecule has 0 aliphatic rings. The maximum Gasteiger partial charge on any atom is 0.340 e. The maximum atomic E-state index is 12.2. The van der Waals surface area contributed by atoms with E-state index < -0.39 is 5.97 Å². The van der Waals surface area contributed by atoms with Crippen molar-refractivity contribution in [2.24, 2.45) is 0 Å². The highest BCUT2D eigenvalue weighted by molar-refractivity contribution is 9.11. The number of halogens is 1. The Bertz CT molecular complexity index is 650. The molecule has 0 aromatic carbocycles. The number of hydrogen-bond donors (Lipinski definition) is 1. The third kappa shape index (κ3) is 2.70. The fourth-order valence-corrected chi connectivity index (χ4v) is 3.52. The third-order valence-corrected chi connectivity index (χ3v) is 5.00. The fourth-order valence-electron chi connectivity index (χ4n) is 1.54. The van der Waals surface area contributed by atoms with E-state index in [1.807, 2.05) is 0 Å². The van der Waals surface area contributed by atoms with Crippen LogP contribution in [0.4, 0.5) is 5.00 Å². The molecule has 1 amide bonds. The lowest BCUT2D eigenvalue weighted by molar-refractivity contribution is 0.0697. The van der Waals surface area contributed by atoms with Crippen molar-refractivity contribution in [1.29, 1.82) is 0 Å². The largest absolute Gasteiger partial charge is 0.478 e. The van der Waals surface area contributed by atoms with Gasteiger partial charge in [-0.05, 0) is 40.5 Å². The van der Waals surface area contributed by atoms with E-state index in [2.05, 4.69) is 20.3 Å². The fraction of sp³-hybridized carbons (Fsp3) is 0.182. The van der Waals surface area contributed by atoms with E-state index in [1.165, 1.54) is 16.2 Å². The molecule has 0 saturated heterocycles. The Kier molecular flexibility index (Phi) is 4.02. The quantitative estimate of drug-likeness (QED) is 0.911. The molecular weight excluding hydrogens is 352 g/mol. The van der Waals surface area contributed by atoms with Crippen LogP contribution in [0.2, 0.25) is 0 Å². The molecule has 1 N–H and O–H groups in total. The highest BCUT2D eigenvalue weighted by atomic mass is 79.9.